The molecular weight excluding hydrogens is 405 g/mol. The Bertz CT molecular complexity index is 1090. The van der Waals surface area contributed by atoms with E-state index in [1.54, 1.807) is 36.4 Å². The number of sulfone groups is 1. The predicted molar refractivity (Wildman–Crippen MR) is 103 cm³/mol. The van der Waals surface area contributed by atoms with Gasteiger partial charge in [-0.25, -0.2) is 18.4 Å². The fourth-order valence-corrected chi connectivity index (χ4v) is 3.08. The quantitative estimate of drug-likeness (QED) is 0.649. The van der Waals surface area contributed by atoms with Crippen LogP contribution < -0.4 is 5.32 Å². The zero-order valence-electron chi connectivity index (χ0n) is 15.3. The lowest BCUT2D eigenvalue weighted by atomic mass is 10.1. The van der Waals surface area contributed by atoms with Crippen LogP contribution in [0.25, 0.3) is 11.5 Å². The van der Waals surface area contributed by atoms with Gasteiger partial charge in [0.1, 0.15) is 21.3 Å². The topological polar surface area (TPSA) is 84.8 Å². The minimum Gasteiger partial charge on any atom is -0.340 e. The molecule has 0 saturated heterocycles. The Labute approximate surface area is 165 Å². The van der Waals surface area contributed by atoms with Gasteiger partial charge in [0.05, 0.1) is 5.75 Å². The molecule has 3 aromatic rings. The van der Waals surface area contributed by atoms with Crippen molar-refractivity contribution in [3.63, 3.8) is 0 Å². The minimum atomic E-state index is -4.64. The van der Waals surface area contributed by atoms with E-state index in [-0.39, 0.29) is 23.1 Å². The van der Waals surface area contributed by atoms with Crippen LogP contribution >= 0.6 is 0 Å². The van der Waals surface area contributed by atoms with Crippen molar-refractivity contribution in [1.82, 2.24) is 15.0 Å². The summed E-state index contributed by atoms with van der Waals surface area (Å²) in [6, 6.07) is 12.3. The first-order valence-electron chi connectivity index (χ1n) is 8.51. The van der Waals surface area contributed by atoms with Crippen LogP contribution in [0.15, 0.2) is 54.7 Å². The first-order chi connectivity index (χ1) is 13.6. The van der Waals surface area contributed by atoms with Crippen molar-refractivity contribution in [2.24, 2.45) is 0 Å². The second kappa shape index (κ2) is 8.16. The molecule has 0 aliphatic carbocycles. The number of hydrogen-bond acceptors (Lipinski definition) is 6. The number of rotatable bonds is 6. The summed E-state index contributed by atoms with van der Waals surface area (Å²) in [5.41, 5.74) is 0.443. The molecule has 0 saturated carbocycles. The maximum atomic E-state index is 13.2. The SMILES string of the molecule is CS(=O)(=O)CCc1ccc(Nc2cc(C(F)(F)F)nc(-c3ccccn3)n2)cc1. The molecule has 0 aliphatic rings. The molecule has 0 radical (unpaired) electrons. The second-order valence-electron chi connectivity index (χ2n) is 6.38. The average molecular weight is 422 g/mol. The van der Waals surface area contributed by atoms with E-state index in [1.165, 1.54) is 12.3 Å². The maximum Gasteiger partial charge on any atom is 0.433 e. The Morgan fingerprint density at radius 2 is 1.76 bits per heavy atom. The van der Waals surface area contributed by atoms with Gasteiger partial charge in [-0.1, -0.05) is 18.2 Å². The molecule has 29 heavy (non-hydrogen) atoms. The van der Waals surface area contributed by atoms with E-state index in [4.69, 9.17) is 0 Å². The number of alkyl halides is 3. The summed E-state index contributed by atoms with van der Waals surface area (Å²) in [5, 5.41) is 2.83. The lowest BCUT2D eigenvalue weighted by Crippen LogP contribution is -2.11. The van der Waals surface area contributed by atoms with Gasteiger partial charge >= 0.3 is 6.18 Å². The molecule has 1 aromatic carbocycles. The molecule has 0 spiro atoms. The van der Waals surface area contributed by atoms with Gasteiger partial charge < -0.3 is 5.32 Å². The zero-order chi connectivity index (χ0) is 21.1. The van der Waals surface area contributed by atoms with Gasteiger partial charge in [-0.15, -0.1) is 0 Å². The fourth-order valence-electron chi connectivity index (χ4n) is 2.47. The van der Waals surface area contributed by atoms with Crippen molar-refractivity contribution in [2.45, 2.75) is 12.6 Å². The molecule has 0 fully saturated rings. The summed E-state index contributed by atoms with van der Waals surface area (Å²) in [5.74, 6) is -0.154. The Balaban J connectivity index is 1.86. The van der Waals surface area contributed by atoms with Crippen LogP contribution in [0.3, 0.4) is 0 Å². The molecule has 0 aliphatic heterocycles. The fraction of sp³-hybridized carbons (Fsp3) is 0.211. The summed E-state index contributed by atoms with van der Waals surface area (Å²) < 4.78 is 62.2. The average Bonchev–Trinajstić information content (AvgIpc) is 2.67. The van der Waals surface area contributed by atoms with Crippen LogP contribution in [-0.4, -0.2) is 35.4 Å². The standard InChI is InChI=1S/C19H17F3N4O2S/c1-29(27,28)11-9-13-5-7-14(8-6-13)24-17-12-16(19(20,21)22)25-18(26-17)15-4-2-3-10-23-15/h2-8,10,12H,9,11H2,1H3,(H,24,25,26). The monoisotopic (exact) mass is 422 g/mol. The zero-order valence-corrected chi connectivity index (χ0v) is 16.1. The van der Waals surface area contributed by atoms with E-state index in [0.29, 0.717) is 12.1 Å². The van der Waals surface area contributed by atoms with Crippen LogP contribution in [0.2, 0.25) is 0 Å². The number of halogens is 3. The summed E-state index contributed by atoms with van der Waals surface area (Å²) in [7, 11) is -3.08. The van der Waals surface area contributed by atoms with E-state index in [2.05, 4.69) is 20.3 Å². The lowest BCUT2D eigenvalue weighted by molar-refractivity contribution is -0.141. The highest BCUT2D eigenvalue weighted by molar-refractivity contribution is 7.90. The molecule has 10 heteroatoms. The third-order valence-corrected chi connectivity index (χ3v) is 4.84. The number of nitrogens with one attached hydrogen (secondary N) is 1. The normalized spacial score (nSPS) is 12.0. The molecule has 0 amide bonds. The van der Waals surface area contributed by atoms with Gasteiger partial charge in [0.25, 0.3) is 0 Å². The second-order valence-corrected chi connectivity index (χ2v) is 8.64. The molecule has 0 bridgehead atoms. The van der Waals surface area contributed by atoms with E-state index in [9.17, 15) is 21.6 Å². The Hall–Kier alpha value is -3.01. The van der Waals surface area contributed by atoms with Crippen molar-refractivity contribution in [3.05, 3.63) is 66.0 Å². The largest absolute Gasteiger partial charge is 0.433 e. The van der Waals surface area contributed by atoms with Crippen molar-refractivity contribution in [2.75, 3.05) is 17.3 Å². The van der Waals surface area contributed by atoms with E-state index < -0.39 is 21.7 Å². The van der Waals surface area contributed by atoms with Crippen LogP contribution in [0.1, 0.15) is 11.3 Å². The first-order valence-corrected chi connectivity index (χ1v) is 10.6. The molecule has 6 nitrogen and oxygen atoms in total. The minimum absolute atomic E-state index is 0.0219. The highest BCUT2D eigenvalue weighted by Crippen LogP contribution is 2.31. The molecule has 0 atom stereocenters. The molecule has 2 heterocycles. The van der Waals surface area contributed by atoms with Crippen LogP contribution in [-0.2, 0) is 22.4 Å². The number of anilines is 2. The summed E-state index contributed by atoms with van der Waals surface area (Å²) in [4.78, 5) is 11.7. The number of nitrogens with zero attached hydrogens (tertiary/aromatic N) is 3. The summed E-state index contributed by atoms with van der Waals surface area (Å²) in [6.45, 7) is 0. The van der Waals surface area contributed by atoms with Crippen molar-refractivity contribution in [3.8, 4) is 11.5 Å². The van der Waals surface area contributed by atoms with Crippen molar-refractivity contribution < 1.29 is 21.6 Å². The maximum absolute atomic E-state index is 13.2. The van der Waals surface area contributed by atoms with Gasteiger partial charge in [-0.2, -0.15) is 13.2 Å². The van der Waals surface area contributed by atoms with Crippen molar-refractivity contribution in [1.29, 1.82) is 0 Å². The molecule has 2 aromatic heterocycles. The van der Waals surface area contributed by atoms with Gasteiger partial charge in [-0.3, -0.25) is 4.98 Å². The predicted octanol–water partition coefficient (Wildman–Crippen LogP) is 3.89. The summed E-state index contributed by atoms with van der Waals surface area (Å²) in [6.07, 6.45) is -1.68. The van der Waals surface area contributed by atoms with Gasteiger partial charge in [0, 0.05) is 24.2 Å². The van der Waals surface area contributed by atoms with Crippen molar-refractivity contribution >= 4 is 21.3 Å². The number of benzene rings is 1. The molecule has 0 unspecified atom stereocenters. The smallest absolute Gasteiger partial charge is 0.340 e. The molecule has 1 N–H and O–H groups in total. The van der Waals surface area contributed by atoms with E-state index in [1.807, 2.05) is 0 Å². The Morgan fingerprint density at radius 1 is 1.03 bits per heavy atom. The number of aromatic nitrogens is 3. The molecule has 152 valence electrons. The van der Waals surface area contributed by atoms with Gasteiger partial charge in [0.15, 0.2) is 11.5 Å². The molecule has 3 rings (SSSR count). The van der Waals surface area contributed by atoms with Gasteiger partial charge in [-0.05, 0) is 36.2 Å². The third kappa shape index (κ3) is 5.98. The van der Waals surface area contributed by atoms with E-state index in [0.717, 1.165) is 17.9 Å². The highest BCUT2D eigenvalue weighted by Gasteiger charge is 2.34. The number of aryl methyl sites for hydroxylation is 1. The van der Waals surface area contributed by atoms with E-state index >= 15 is 0 Å². The number of pyridine rings is 1. The first kappa shape index (κ1) is 20.7. The summed E-state index contributed by atoms with van der Waals surface area (Å²) >= 11 is 0. The Morgan fingerprint density at radius 3 is 2.34 bits per heavy atom. The lowest BCUT2D eigenvalue weighted by Gasteiger charge is -2.12. The van der Waals surface area contributed by atoms with Crippen LogP contribution in [0, 0.1) is 0 Å². The van der Waals surface area contributed by atoms with Crippen LogP contribution in [0.5, 0.6) is 0 Å². The Kier molecular flexibility index (Phi) is 5.83. The highest BCUT2D eigenvalue weighted by atomic mass is 32.2. The van der Waals surface area contributed by atoms with Gasteiger partial charge in [0.2, 0.25) is 0 Å². The van der Waals surface area contributed by atoms with Crippen LogP contribution in [0.4, 0.5) is 24.7 Å². The molecular formula is C19H17F3N4O2S. The number of hydrogen-bond donors (Lipinski definition) is 1. The third-order valence-electron chi connectivity index (χ3n) is 3.90.